The van der Waals surface area contributed by atoms with Crippen LogP contribution in [0, 0.1) is 17.6 Å². The van der Waals surface area contributed by atoms with E-state index < -0.39 is 76.1 Å². The van der Waals surface area contributed by atoms with Crippen LogP contribution in [0.2, 0.25) is 5.02 Å². The van der Waals surface area contributed by atoms with Gasteiger partial charge >= 0.3 is 12.4 Å². The highest BCUT2D eigenvalue weighted by Gasteiger charge is 2.39. The average Bonchev–Trinajstić information content (AvgIpc) is 2.88. The van der Waals surface area contributed by atoms with E-state index in [9.17, 15) is 40.3 Å². The molecule has 0 atom stereocenters. The summed E-state index contributed by atoms with van der Waals surface area (Å²) in [6, 6.07) is 5.43. The van der Waals surface area contributed by atoms with Crippen LogP contribution in [0.4, 0.5) is 40.8 Å². The van der Waals surface area contributed by atoms with Crippen LogP contribution in [0.25, 0.3) is 11.4 Å². The maximum absolute atomic E-state index is 15.4. The van der Waals surface area contributed by atoms with Crippen molar-refractivity contribution >= 4 is 23.2 Å². The van der Waals surface area contributed by atoms with Gasteiger partial charge in [0.2, 0.25) is 5.91 Å². The number of hydrogen-bond acceptors (Lipinski definition) is 4. The Kier molecular flexibility index (Phi) is 8.11. The number of nitrogens with one attached hydrogen (secondary N) is 2. The molecule has 0 aliphatic carbocycles. The number of aromatic amines is 1. The molecule has 214 valence electrons. The van der Waals surface area contributed by atoms with E-state index in [4.69, 9.17) is 11.6 Å². The summed E-state index contributed by atoms with van der Waals surface area (Å²) >= 11 is 5.81. The van der Waals surface area contributed by atoms with Gasteiger partial charge in [0.05, 0.1) is 16.1 Å². The predicted molar refractivity (Wildman–Crippen MR) is 128 cm³/mol. The van der Waals surface area contributed by atoms with Crippen LogP contribution in [0.1, 0.15) is 29.7 Å². The van der Waals surface area contributed by atoms with E-state index >= 15 is 4.39 Å². The van der Waals surface area contributed by atoms with Crippen molar-refractivity contribution in [3.05, 3.63) is 80.2 Å². The fourth-order valence-electron chi connectivity index (χ4n) is 4.35. The van der Waals surface area contributed by atoms with Gasteiger partial charge in [0.1, 0.15) is 17.5 Å². The molecule has 0 unspecified atom stereocenters. The minimum absolute atomic E-state index is 0.0364. The molecule has 1 aliphatic heterocycles. The number of piperidine rings is 1. The maximum Gasteiger partial charge on any atom is 0.433 e. The minimum Gasteiger partial charge on any atom is -0.371 e. The summed E-state index contributed by atoms with van der Waals surface area (Å²) in [4.78, 5) is 31.1. The molecule has 3 aromatic rings. The van der Waals surface area contributed by atoms with Gasteiger partial charge in [-0.2, -0.15) is 26.3 Å². The van der Waals surface area contributed by atoms with E-state index in [1.165, 1.54) is 12.1 Å². The lowest BCUT2D eigenvalue weighted by Crippen LogP contribution is -2.40. The van der Waals surface area contributed by atoms with E-state index in [0.29, 0.717) is 37.7 Å². The molecule has 1 fully saturated rings. The predicted octanol–water partition coefficient (Wildman–Crippen LogP) is 5.94. The molecule has 0 bridgehead atoms. The van der Waals surface area contributed by atoms with E-state index in [2.05, 4.69) is 10.3 Å². The van der Waals surface area contributed by atoms with E-state index in [1.807, 2.05) is 4.90 Å². The Morgan fingerprint density at radius 3 is 2.30 bits per heavy atom. The van der Waals surface area contributed by atoms with Crippen LogP contribution in [-0.2, 0) is 23.7 Å². The van der Waals surface area contributed by atoms with Crippen LogP contribution in [0.5, 0.6) is 0 Å². The van der Waals surface area contributed by atoms with Gasteiger partial charge in [-0.25, -0.2) is 13.8 Å². The Hall–Kier alpha value is -3.68. The summed E-state index contributed by atoms with van der Waals surface area (Å²) in [6.45, 7) is 0.244. The molecule has 15 heteroatoms. The van der Waals surface area contributed by atoms with Gasteiger partial charge in [-0.05, 0) is 37.1 Å². The van der Waals surface area contributed by atoms with Gasteiger partial charge in [-0.1, -0.05) is 17.7 Å². The van der Waals surface area contributed by atoms with Crippen molar-refractivity contribution in [1.29, 1.82) is 0 Å². The molecule has 0 saturated carbocycles. The number of benzene rings is 2. The number of hydrogen-bond donors (Lipinski definition) is 2. The summed E-state index contributed by atoms with van der Waals surface area (Å²) in [7, 11) is 0. The molecule has 6 nitrogen and oxygen atoms in total. The first-order chi connectivity index (χ1) is 18.6. The second-order valence-corrected chi connectivity index (χ2v) is 9.42. The monoisotopic (exact) mass is 594 g/mol. The van der Waals surface area contributed by atoms with Crippen molar-refractivity contribution in [2.45, 2.75) is 31.7 Å². The summed E-state index contributed by atoms with van der Waals surface area (Å²) < 4.78 is 109. The lowest BCUT2D eigenvalue weighted by Gasteiger charge is -2.33. The third-order valence-corrected chi connectivity index (χ3v) is 6.67. The molecule has 2 N–H and O–H groups in total. The summed E-state index contributed by atoms with van der Waals surface area (Å²) in [5.41, 5.74) is -6.07. The molecule has 1 amide bonds. The first-order valence-electron chi connectivity index (χ1n) is 11.7. The standard InChI is InChI=1S/C25H19ClF8N4O2/c26-16-9-14(2-4-17(16)27)38-7-5-12(6-8-38)23(40)35-11-13-1-3-15(24(29,30)31)20(21(13)28)22-36-18(25(32,33)34)10-19(39)37-22/h1-4,9-10,12H,5-8,11H2,(H,35,40)(H,36,37,39). The first-order valence-corrected chi connectivity index (χ1v) is 12.1. The Balaban J connectivity index is 1.53. The van der Waals surface area contributed by atoms with Crippen molar-refractivity contribution in [3.8, 4) is 11.4 Å². The molecular formula is C25H19ClF8N4O2. The molecule has 1 aromatic heterocycles. The van der Waals surface area contributed by atoms with Gasteiger partial charge in [0.15, 0.2) is 5.69 Å². The molecule has 2 heterocycles. The number of H-pyrrole nitrogens is 1. The Morgan fingerprint density at radius 2 is 1.70 bits per heavy atom. The number of nitrogens with zero attached hydrogens (tertiary/aromatic N) is 2. The van der Waals surface area contributed by atoms with Crippen molar-refractivity contribution < 1.29 is 39.9 Å². The number of anilines is 1. The van der Waals surface area contributed by atoms with Gasteiger partial charge in [-0.15, -0.1) is 0 Å². The number of aromatic nitrogens is 2. The second-order valence-electron chi connectivity index (χ2n) is 9.01. The van der Waals surface area contributed by atoms with Crippen LogP contribution in [-0.4, -0.2) is 29.0 Å². The molecule has 4 rings (SSSR count). The molecule has 0 spiro atoms. The fourth-order valence-corrected chi connectivity index (χ4v) is 4.53. The second kappa shape index (κ2) is 11.1. The van der Waals surface area contributed by atoms with Crippen LogP contribution in [0.15, 0.2) is 41.2 Å². The van der Waals surface area contributed by atoms with Crippen molar-refractivity contribution in [2.75, 3.05) is 18.0 Å². The quantitative estimate of drug-likeness (QED) is 0.359. The number of rotatable bonds is 5. The van der Waals surface area contributed by atoms with Crippen LogP contribution in [0.3, 0.4) is 0 Å². The summed E-state index contributed by atoms with van der Waals surface area (Å²) in [5.74, 6) is -4.46. The van der Waals surface area contributed by atoms with E-state index in [0.717, 1.165) is 6.07 Å². The highest BCUT2D eigenvalue weighted by molar-refractivity contribution is 6.31. The highest BCUT2D eigenvalue weighted by atomic mass is 35.5. The number of alkyl halides is 6. The van der Waals surface area contributed by atoms with Crippen molar-refractivity contribution in [3.63, 3.8) is 0 Å². The van der Waals surface area contributed by atoms with Gasteiger partial charge in [0, 0.05) is 42.9 Å². The fraction of sp³-hybridized carbons (Fsp3) is 0.320. The number of carbonyl (C=O) groups is 1. The number of amides is 1. The Morgan fingerprint density at radius 1 is 1.02 bits per heavy atom. The Labute approximate surface area is 226 Å². The van der Waals surface area contributed by atoms with Crippen LogP contribution >= 0.6 is 11.6 Å². The lowest BCUT2D eigenvalue weighted by molar-refractivity contribution is -0.141. The van der Waals surface area contributed by atoms with Gasteiger partial charge in [-0.3, -0.25) is 9.59 Å². The summed E-state index contributed by atoms with van der Waals surface area (Å²) in [6.07, 6.45) is -9.66. The van der Waals surface area contributed by atoms with E-state index in [-0.39, 0.29) is 11.1 Å². The number of carbonyl (C=O) groups excluding carboxylic acids is 1. The third-order valence-electron chi connectivity index (χ3n) is 6.38. The molecule has 1 aliphatic rings. The zero-order valence-electron chi connectivity index (χ0n) is 20.2. The van der Waals surface area contributed by atoms with Crippen molar-refractivity contribution in [1.82, 2.24) is 15.3 Å². The largest absolute Gasteiger partial charge is 0.433 e. The number of halogens is 9. The zero-order chi connectivity index (χ0) is 29.4. The van der Waals surface area contributed by atoms with E-state index in [1.54, 1.807) is 11.1 Å². The van der Waals surface area contributed by atoms with Gasteiger partial charge < -0.3 is 15.2 Å². The molecular weight excluding hydrogens is 576 g/mol. The SMILES string of the molecule is O=C(NCc1ccc(C(F)(F)F)c(-c2nc(C(F)(F)F)cc(=O)[nH]2)c1F)C1CCN(c2ccc(F)c(Cl)c2)CC1. The molecule has 1 saturated heterocycles. The highest BCUT2D eigenvalue weighted by Crippen LogP contribution is 2.39. The Bertz CT molecular complexity index is 1480. The zero-order valence-corrected chi connectivity index (χ0v) is 20.9. The first kappa shape index (κ1) is 29.3. The van der Waals surface area contributed by atoms with Crippen LogP contribution < -0.4 is 15.8 Å². The molecule has 2 aromatic carbocycles. The minimum atomic E-state index is -5.20. The maximum atomic E-state index is 15.4. The van der Waals surface area contributed by atoms with Gasteiger partial charge in [0.25, 0.3) is 5.56 Å². The lowest BCUT2D eigenvalue weighted by atomic mass is 9.95. The average molecular weight is 595 g/mol. The third kappa shape index (κ3) is 6.37. The smallest absolute Gasteiger partial charge is 0.371 e. The normalized spacial score (nSPS) is 14.9. The summed E-state index contributed by atoms with van der Waals surface area (Å²) in [5, 5.41) is 2.39. The topological polar surface area (TPSA) is 78.1 Å². The molecule has 0 radical (unpaired) electrons. The molecule has 40 heavy (non-hydrogen) atoms. The van der Waals surface area contributed by atoms with Crippen molar-refractivity contribution in [2.24, 2.45) is 5.92 Å².